The molecule has 0 atom stereocenters. The zero-order valence-electron chi connectivity index (χ0n) is 30.7. The number of fused-ring (bicyclic) bond motifs is 5. The van der Waals surface area contributed by atoms with Crippen LogP contribution in [0.4, 0.5) is 17.1 Å². The van der Waals surface area contributed by atoms with E-state index in [1.807, 2.05) is 0 Å². The van der Waals surface area contributed by atoms with Gasteiger partial charge in [0.25, 0.3) is 0 Å². The van der Waals surface area contributed by atoms with Gasteiger partial charge in [-0.2, -0.15) is 0 Å². The molecule has 10 rings (SSSR count). The second kappa shape index (κ2) is 14.4. The first-order valence-electron chi connectivity index (χ1n) is 19.1. The summed E-state index contributed by atoms with van der Waals surface area (Å²) in [7, 11) is 0. The van der Waals surface area contributed by atoms with Crippen molar-refractivity contribution in [3.63, 3.8) is 0 Å². The number of anilines is 3. The fourth-order valence-corrected chi connectivity index (χ4v) is 7.84. The number of nitrogens with zero attached hydrogens (tertiary/aromatic N) is 1. The molecule has 0 unspecified atom stereocenters. The van der Waals surface area contributed by atoms with Gasteiger partial charge in [0.2, 0.25) is 0 Å². The van der Waals surface area contributed by atoms with Crippen molar-refractivity contribution in [3.8, 4) is 78.3 Å². The van der Waals surface area contributed by atoms with Crippen molar-refractivity contribution in [2.24, 2.45) is 0 Å². The molecule has 2 nitrogen and oxygen atoms in total. The van der Waals surface area contributed by atoms with Gasteiger partial charge in [-0.25, -0.2) is 0 Å². The van der Waals surface area contributed by atoms with E-state index in [2.05, 4.69) is 229 Å². The fraction of sp³-hybridized carbons (Fsp3) is 0. The molecule has 0 amide bonds. The third-order valence-electron chi connectivity index (χ3n) is 10.7. The lowest BCUT2D eigenvalue weighted by molar-refractivity contribution is 0.488. The molecule has 0 saturated heterocycles. The Bertz CT molecular complexity index is 2780. The predicted octanol–water partition coefficient (Wildman–Crippen LogP) is 15.3. The molecule has 0 bridgehead atoms. The van der Waals surface area contributed by atoms with Crippen molar-refractivity contribution in [1.82, 2.24) is 0 Å². The monoisotopic (exact) mass is 715 g/mol. The normalized spacial score (nSPS) is 11.4. The lowest BCUT2D eigenvalue weighted by Crippen LogP contribution is -2.10. The van der Waals surface area contributed by atoms with Gasteiger partial charge in [-0.1, -0.05) is 170 Å². The molecule has 0 radical (unpaired) electrons. The number of benzene rings is 9. The highest BCUT2D eigenvalue weighted by Gasteiger charge is 2.23. The summed E-state index contributed by atoms with van der Waals surface area (Å²) in [6.07, 6.45) is 0. The Morgan fingerprint density at radius 2 is 0.625 bits per heavy atom. The summed E-state index contributed by atoms with van der Waals surface area (Å²) in [5.41, 5.74) is 17.1. The van der Waals surface area contributed by atoms with Crippen molar-refractivity contribution < 1.29 is 4.74 Å². The summed E-state index contributed by atoms with van der Waals surface area (Å²) in [6, 6.07) is 79.8. The van der Waals surface area contributed by atoms with E-state index < -0.39 is 0 Å². The first-order chi connectivity index (χ1) is 27.7. The average Bonchev–Trinajstić information content (AvgIpc) is 3.42. The van der Waals surface area contributed by atoms with Crippen LogP contribution in [0.1, 0.15) is 0 Å². The van der Waals surface area contributed by atoms with Gasteiger partial charge in [0.05, 0.1) is 0 Å². The molecule has 264 valence electrons. The highest BCUT2D eigenvalue weighted by atomic mass is 16.5. The van der Waals surface area contributed by atoms with Crippen LogP contribution >= 0.6 is 0 Å². The molecule has 1 heterocycles. The van der Waals surface area contributed by atoms with Gasteiger partial charge in [0.15, 0.2) is 0 Å². The topological polar surface area (TPSA) is 12.5 Å². The lowest BCUT2D eigenvalue weighted by Gasteiger charge is -2.26. The molecule has 56 heavy (non-hydrogen) atoms. The number of ether oxygens (including phenoxy) is 1. The number of hydrogen-bond acceptors (Lipinski definition) is 2. The van der Waals surface area contributed by atoms with E-state index in [4.69, 9.17) is 4.74 Å². The molecule has 1 aliphatic rings. The molecule has 9 aromatic rings. The van der Waals surface area contributed by atoms with Crippen molar-refractivity contribution in [2.45, 2.75) is 0 Å². The maximum Gasteiger partial charge on any atom is 0.135 e. The van der Waals surface area contributed by atoms with Gasteiger partial charge in [0.1, 0.15) is 11.5 Å². The maximum absolute atomic E-state index is 6.87. The minimum atomic E-state index is 0.832. The zero-order valence-corrected chi connectivity index (χ0v) is 30.7. The minimum Gasteiger partial charge on any atom is -0.456 e. The van der Waals surface area contributed by atoms with E-state index in [1.165, 1.54) is 33.4 Å². The van der Waals surface area contributed by atoms with Crippen LogP contribution < -0.4 is 9.64 Å². The number of rotatable bonds is 7. The molecule has 0 fully saturated rings. The molecular formula is C54H37NO. The third kappa shape index (κ3) is 6.34. The maximum atomic E-state index is 6.87. The van der Waals surface area contributed by atoms with Gasteiger partial charge in [0, 0.05) is 28.2 Å². The van der Waals surface area contributed by atoms with E-state index in [1.54, 1.807) is 0 Å². The van der Waals surface area contributed by atoms with Crippen LogP contribution in [0.15, 0.2) is 224 Å². The van der Waals surface area contributed by atoms with E-state index in [-0.39, 0.29) is 0 Å². The summed E-state index contributed by atoms with van der Waals surface area (Å²) >= 11 is 0. The van der Waals surface area contributed by atoms with Crippen molar-refractivity contribution in [2.75, 3.05) is 4.90 Å². The standard InChI is InChI=1S/C54H37NO/c1-4-12-38(13-5-1)40-20-22-42(23-21-40)43-28-31-47(32-29-43)55(46-16-8-3-9-17-46)48-33-35-53-52(37-48)50-19-11-10-18-49(50)51-34-30-45(36-54(51)56-53)44-26-24-41(25-27-44)39-14-6-2-7-15-39/h1-37H. The van der Waals surface area contributed by atoms with Gasteiger partial charge in [-0.3, -0.25) is 0 Å². The van der Waals surface area contributed by atoms with Crippen LogP contribution in [0.25, 0.3) is 66.8 Å². The summed E-state index contributed by atoms with van der Waals surface area (Å²) < 4.78 is 6.87. The van der Waals surface area contributed by atoms with Crippen molar-refractivity contribution >= 4 is 17.1 Å². The highest BCUT2D eigenvalue weighted by molar-refractivity contribution is 5.94. The van der Waals surface area contributed by atoms with Gasteiger partial charge < -0.3 is 9.64 Å². The Kier molecular flexibility index (Phi) is 8.55. The molecule has 0 aromatic heterocycles. The van der Waals surface area contributed by atoms with E-state index >= 15 is 0 Å². The Hall–Kier alpha value is -7.42. The van der Waals surface area contributed by atoms with Crippen LogP contribution in [0.3, 0.4) is 0 Å². The quantitative estimate of drug-likeness (QED) is 0.163. The Balaban J connectivity index is 0.999. The molecule has 0 spiro atoms. The summed E-state index contributed by atoms with van der Waals surface area (Å²) in [5.74, 6) is 1.68. The van der Waals surface area contributed by atoms with Crippen LogP contribution in [-0.4, -0.2) is 0 Å². The van der Waals surface area contributed by atoms with E-state index in [0.717, 1.165) is 61.9 Å². The van der Waals surface area contributed by atoms with Crippen LogP contribution in [0, 0.1) is 0 Å². The van der Waals surface area contributed by atoms with Crippen LogP contribution in [0.2, 0.25) is 0 Å². The van der Waals surface area contributed by atoms with Gasteiger partial charge in [-0.05, 0) is 110 Å². The largest absolute Gasteiger partial charge is 0.456 e. The zero-order chi connectivity index (χ0) is 37.3. The number of para-hydroxylation sites is 1. The molecule has 0 N–H and O–H groups in total. The molecule has 9 aromatic carbocycles. The minimum absolute atomic E-state index is 0.832. The third-order valence-corrected chi connectivity index (χ3v) is 10.7. The predicted molar refractivity (Wildman–Crippen MR) is 234 cm³/mol. The van der Waals surface area contributed by atoms with E-state index in [0.29, 0.717) is 0 Å². The first-order valence-corrected chi connectivity index (χ1v) is 19.1. The van der Waals surface area contributed by atoms with Crippen LogP contribution in [-0.2, 0) is 0 Å². The lowest BCUT2D eigenvalue weighted by atomic mass is 9.92. The molecule has 0 saturated carbocycles. The van der Waals surface area contributed by atoms with Crippen molar-refractivity contribution in [3.05, 3.63) is 224 Å². The number of hydrogen-bond donors (Lipinski definition) is 0. The van der Waals surface area contributed by atoms with Crippen LogP contribution in [0.5, 0.6) is 11.5 Å². The smallest absolute Gasteiger partial charge is 0.135 e. The molecular weight excluding hydrogens is 679 g/mol. The molecule has 2 heteroatoms. The Labute approximate surface area is 328 Å². The average molecular weight is 716 g/mol. The van der Waals surface area contributed by atoms with Crippen molar-refractivity contribution in [1.29, 1.82) is 0 Å². The molecule has 0 aliphatic carbocycles. The summed E-state index contributed by atoms with van der Waals surface area (Å²) in [4.78, 5) is 2.32. The molecule has 1 aliphatic heterocycles. The second-order valence-corrected chi connectivity index (χ2v) is 14.1. The van der Waals surface area contributed by atoms with E-state index in [9.17, 15) is 0 Å². The Morgan fingerprint density at radius 3 is 1.18 bits per heavy atom. The fourth-order valence-electron chi connectivity index (χ4n) is 7.84. The summed E-state index contributed by atoms with van der Waals surface area (Å²) in [5, 5.41) is 0. The Morgan fingerprint density at radius 1 is 0.232 bits per heavy atom. The SMILES string of the molecule is c1ccc(-c2ccc(-c3ccc(N(c4ccccc4)c4ccc5c(c4)-c4ccccc4-c4ccc(-c6ccc(-c7ccccc7)cc6)cc4O5)cc3)cc2)cc1. The highest BCUT2D eigenvalue weighted by Crippen LogP contribution is 2.49. The summed E-state index contributed by atoms with van der Waals surface area (Å²) in [6.45, 7) is 0. The first kappa shape index (κ1) is 33.2. The van der Waals surface area contributed by atoms with Gasteiger partial charge in [-0.15, -0.1) is 0 Å². The van der Waals surface area contributed by atoms with Gasteiger partial charge >= 0.3 is 0 Å². The second-order valence-electron chi connectivity index (χ2n) is 14.1.